The summed E-state index contributed by atoms with van der Waals surface area (Å²) in [7, 11) is -3.46. The number of nitrogens with one attached hydrogen (secondary N) is 2. The molecule has 2 atom stereocenters. The van der Waals surface area contributed by atoms with Crippen molar-refractivity contribution in [2.45, 2.75) is 36.8 Å². The number of nitrogens with zero attached hydrogens (tertiary/aromatic N) is 1. The van der Waals surface area contributed by atoms with Crippen LogP contribution in [0.4, 0.5) is 0 Å². The zero-order valence-corrected chi connectivity index (χ0v) is 10.4. The number of hydrogen-bond acceptors (Lipinski definition) is 4. The molecule has 1 aliphatic carbocycles. The predicted octanol–water partition coefficient (Wildman–Crippen LogP) is 0.205. The van der Waals surface area contributed by atoms with Crippen LogP contribution in [0.1, 0.15) is 25.7 Å². The number of nitrogens with two attached hydrogens (primary N) is 1. The molecule has 4 N–H and O–H groups in total. The SMILES string of the molecule is NC1CCCCC1CNS(=O)(=O)c1ccn[nH]1. The van der Waals surface area contributed by atoms with E-state index >= 15 is 0 Å². The first-order chi connectivity index (χ1) is 8.09. The number of hydrogen-bond donors (Lipinski definition) is 3. The second kappa shape index (κ2) is 5.16. The van der Waals surface area contributed by atoms with Gasteiger partial charge in [-0.2, -0.15) is 5.10 Å². The molecule has 1 aromatic rings. The standard InChI is InChI=1S/C10H18N4O2S/c11-9-4-2-1-3-8(9)7-13-17(15,16)10-5-6-12-14-10/h5-6,8-9,13H,1-4,7,11H2,(H,12,14). The normalized spacial score (nSPS) is 25.9. The Bertz CT molecular complexity index is 443. The van der Waals surface area contributed by atoms with Gasteiger partial charge < -0.3 is 5.73 Å². The molecule has 0 aromatic carbocycles. The smallest absolute Gasteiger partial charge is 0.257 e. The molecule has 1 fully saturated rings. The van der Waals surface area contributed by atoms with Crippen molar-refractivity contribution in [2.75, 3.05) is 6.54 Å². The van der Waals surface area contributed by atoms with Gasteiger partial charge in [-0.3, -0.25) is 5.10 Å². The lowest BCUT2D eigenvalue weighted by Gasteiger charge is -2.28. The first kappa shape index (κ1) is 12.5. The molecule has 1 aliphatic rings. The first-order valence-corrected chi connectivity index (χ1v) is 7.32. The summed E-state index contributed by atoms with van der Waals surface area (Å²) in [6.07, 6.45) is 5.67. The first-order valence-electron chi connectivity index (χ1n) is 5.84. The Morgan fingerprint density at radius 2 is 2.24 bits per heavy atom. The zero-order valence-electron chi connectivity index (χ0n) is 9.59. The molecule has 0 saturated heterocycles. The topological polar surface area (TPSA) is 101 Å². The van der Waals surface area contributed by atoms with Gasteiger partial charge in [0, 0.05) is 12.6 Å². The van der Waals surface area contributed by atoms with E-state index in [9.17, 15) is 8.42 Å². The van der Waals surface area contributed by atoms with Crippen molar-refractivity contribution in [3.63, 3.8) is 0 Å². The zero-order chi connectivity index (χ0) is 12.3. The largest absolute Gasteiger partial charge is 0.327 e. The molecule has 0 radical (unpaired) electrons. The van der Waals surface area contributed by atoms with Gasteiger partial charge in [0.2, 0.25) is 0 Å². The van der Waals surface area contributed by atoms with E-state index in [1.807, 2.05) is 0 Å². The van der Waals surface area contributed by atoms with Crippen LogP contribution in [0, 0.1) is 5.92 Å². The quantitative estimate of drug-likeness (QED) is 0.718. The summed E-state index contributed by atoms with van der Waals surface area (Å²) < 4.78 is 26.2. The molecule has 0 amide bonds. The van der Waals surface area contributed by atoms with Gasteiger partial charge >= 0.3 is 0 Å². The van der Waals surface area contributed by atoms with E-state index < -0.39 is 10.0 Å². The fourth-order valence-corrected chi connectivity index (χ4v) is 3.18. The van der Waals surface area contributed by atoms with E-state index in [4.69, 9.17) is 5.73 Å². The van der Waals surface area contributed by atoms with Crippen molar-refractivity contribution < 1.29 is 8.42 Å². The summed E-state index contributed by atoms with van der Waals surface area (Å²) >= 11 is 0. The van der Waals surface area contributed by atoms with Crippen molar-refractivity contribution in [1.29, 1.82) is 0 Å². The van der Waals surface area contributed by atoms with Gasteiger partial charge in [-0.05, 0) is 24.8 Å². The molecule has 2 rings (SSSR count). The Kier molecular flexibility index (Phi) is 3.80. The molecule has 17 heavy (non-hydrogen) atoms. The van der Waals surface area contributed by atoms with E-state index in [2.05, 4.69) is 14.9 Å². The fourth-order valence-electron chi connectivity index (χ4n) is 2.18. The second-order valence-corrected chi connectivity index (χ2v) is 6.22. The van der Waals surface area contributed by atoms with E-state index in [1.165, 1.54) is 12.3 Å². The van der Waals surface area contributed by atoms with Crippen molar-refractivity contribution in [2.24, 2.45) is 11.7 Å². The van der Waals surface area contributed by atoms with Gasteiger partial charge in [-0.15, -0.1) is 0 Å². The molecule has 96 valence electrons. The van der Waals surface area contributed by atoms with Crippen LogP contribution in [0.5, 0.6) is 0 Å². The van der Waals surface area contributed by atoms with E-state index in [1.54, 1.807) is 0 Å². The maximum absolute atomic E-state index is 11.8. The summed E-state index contributed by atoms with van der Waals surface area (Å²) in [6, 6.07) is 1.54. The molecule has 1 saturated carbocycles. The van der Waals surface area contributed by atoms with Crippen molar-refractivity contribution in [3.8, 4) is 0 Å². The lowest BCUT2D eigenvalue weighted by atomic mass is 9.85. The average Bonchev–Trinajstić information content (AvgIpc) is 2.82. The minimum Gasteiger partial charge on any atom is -0.327 e. The Morgan fingerprint density at radius 1 is 1.47 bits per heavy atom. The lowest BCUT2D eigenvalue weighted by Crippen LogP contribution is -2.41. The molecule has 6 nitrogen and oxygen atoms in total. The van der Waals surface area contributed by atoms with Gasteiger partial charge in [0.25, 0.3) is 10.0 Å². The molecular formula is C10H18N4O2S. The third kappa shape index (κ3) is 3.05. The maximum atomic E-state index is 11.8. The Morgan fingerprint density at radius 3 is 2.88 bits per heavy atom. The van der Waals surface area contributed by atoms with Crippen molar-refractivity contribution >= 4 is 10.0 Å². The highest BCUT2D eigenvalue weighted by molar-refractivity contribution is 7.89. The van der Waals surface area contributed by atoms with Crippen LogP contribution in [0.2, 0.25) is 0 Å². The summed E-state index contributed by atoms with van der Waals surface area (Å²) in [5.41, 5.74) is 5.97. The molecular weight excluding hydrogens is 240 g/mol. The van der Waals surface area contributed by atoms with E-state index in [0.717, 1.165) is 25.7 Å². The van der Waals surface area contributed by atoms with E-state index in [0.29, 0.717) is 6.54 Å². The maximum Gasteiger partial charge on any atom is 0.257 e. The monoisotopic (exact) mass is 258 g/mol. The molecule has 7 heteroatoms. The van der Waals surface area contributed by atoms with Crippen molar-refractivity contribution in [3.05, 3.63) is 12.3 Å². The van der Waals surface area contributed by atoms with Gasteiger partial charge in [0.05, 0.1) is 6.20 Å². The van der Waals surface area contributed by atoms with Gasteiger partial charge in [0.1, 0.15) is 0 Å². The number of aromatic amines is 1. The summed E-state index contributed by atoms with van der Waals surface area (Å²) in [6.45, 7) is 0.405. The third-order valence-electron chi connectivity index (χ3n) is 3.27. The molecule has 0 aliphatic heterocycles. The number of H-pyrrole nitrogens is 1. The van der Waals surface area contributed by atoms with Crippen LogP contribution in [0.15, 0.2) is 17.3 Å². The minimum atomic E-state index is -3.46. The van der Waals surface area contributed by atoms with Crippen LogP contribution in [-0.4, -0.2) is 31.2 Å². The third-order valence-corrected chi connectivity index (χ3v) is 4.62. The Labute approximate surface area is 101 Å². The van der Waals surface area contributed by atoms with Crippen molar-refractivity contribution in [1.82, 2.24) is 14.9 Å². The molecule has 2 unspecified atom stereocenters. The van der Waals surface area contributed by atoms with Gasteiger partial charge in [0.15, 0.2) is 5.03 Å². The van der Waals surface area contributed by atoms with Crippen LogP contribution in [-0.2, 0) is 10.0 Å². The average molecular weight is 258 g/mol. The van der Waals surface area contributed by atoms with Crippen LogP contribution in [0.3, 0.4) is 0 Å². The number of rotatable bonds is 4. The highest BCUT2D eigenvalue weighted by atomic mass is 32.2. The second-order valence-electron chi connectivity index (χ2n) is 4.48. The van der Waals surface area contributed by atoms with Gasteiger partial charge in [-0.25, -0.2) is 13.1 Å². The summed E-state index contributed by atoms with van der Waals surface area (Å²) in [4.78, 5) is 0. The molecule has 1 heterocycles. The Hall–Kier alpha value is -0.920. The van der Waals surface area contributed by atoms with Crippen LogP contribution in [0.25, 0.3) is 0 Å². The van der Waals surface area contributed by atoms with E-state index in [-0.39, 0.29) is 17.0 Å². The summed E-state index contributed by atoms with van der Waals surface area (Å²) in [5.74, 6) is 0.237. The summed E-state index contributed by atoms with van der Waals surface area (Å²) in [5, 5.41) is 6.17. The van der Waals surface area contributed by atoms with Crippen LogP contribution < -0.4 is 10.5 Å². The minimum absolute atomic E-state index is 0.0990. The Balaban J connectivity index is 1.93. The number of sulfonamides is 1. The molecule has 0 spiro atoms. The number of aromatic nitrogens is 2. The molecule has 1 aromatic heterocycles. The predicted molar refractivity (Wildman–Crippen MR) is 63.7 cm³/mol. The van der Waals surface area contributed by atoms with Gasteiger partial charge in [-0.1, -0.05) is 12.8 Å². The highest BCUT2D eigenvalue weighted by Gasteiger charge is 2.24. The fraction of sp³-hybridized carbons (Fsp3) is 0.700. The highest BCUT2D eigenvalue weighted by Crippen LogP contribution is 2.22. The lowest BCUT2D eigenvalue weighted by molar-refractivity contribution is 0.308. The molecule has 0 bridgehead atoms. The van der Waals surface area contributed by atoms with Crippen LogP contribution >= 0.6 is 0 Å².